The van der Waals surface area contributed by atoms with Crippen molar-refractivity contribution in [3.8, 4) is 11.1 Å². The molecule has 3 N–H and O–H groups in total. The molecular weight excluding hydrogens is 396 g/mol. The van der Waals surface area contributed by atoms with Gasteiger partial charge in [-0.15, -0.1) is 11.3 Å². The lowest BCUT2D eigenvalue weighted by molar-refractivity contribution is 0.100. The van der Waals surface area contributed by atoms with Crippen molar-refractivity contribution < 1.29 is 18.0 Å². The molecule has 0 atom stereocenters. The van der Waals surface area contributed by atoms with E-state index >= 15 is 0 Å². The Hall–Kier alpha value is -2.97. The first-order chi connectivity index (χ1) is 13.2. The molecule has 0 aliphatic heterocycles. The van der Waals surface area contributed by atoms with E-state index in [-0.39, 0.29) is 16.0 Å². The zero-order valence-corrected chi connectivity index (χ0v) is 16.9. The summed E-state index contributed by atoms with van der Waals surface area (Å²) in [7, 11) is -3.44. The molecule has 0 saturated heterocycles. The minimum absolute atomic E-state index is 0.0441. The van der Waals surface area contributed by atoms with Crippen molar-refractivity contribution in [3.63, 3.8) is 0 Å². The maximum atomic E-state index is 12.7. The van der Waals surface area contributed by atoms with Gasteiger partial charge in [0.25, 0.3) is 11.8 Å². The van der Waals surface area contributed by atoms with Gasteiger partial charge in [-0.05, 0) is 30.7 Å². The Bertz CT molecular complexity index is 1170. The Morgan fingerprint density at radius 1 is 1.04 bits per heavy atom. The van der Waals surface area contributed by atoms with E-state index in [1.54, 1.807) is 0 Å². The molecule has 6 nitrogen and oxygen atoms in total. The van der Waals surface area contributed by atoms with E-state index in [2.05, 4.69) is 5.32 Å². The van der Waals surface area contributed by atoms with E-state index < -0.39 is 21.7 Å². The number of hydrogen-bond donors (Lipinski definition) is 2. The van der Waals surface area contributed by atoms with Gasteiger partial charge in [0.15, 0.2) is 9.84 Å². The highest BCUT2D eigenvalue weighted by atomic mass is 32.2. The number of primary amides is 1. The van der Waals surface area contributed by atoms with Gasteiger partial charge in [-0.3, -0.25) is 9.59 Å². The molecule has 0 saturated carbocycles. The Morgan fingerprint density at radius 3 is 2.32 bits per heavy atom. The fourth-order valence-electron chi connectivity index (χ4n) is 2.86. The molecule has 3 aromatic rings. The highest BCUT2D eigenvalue weighted by Crippen LogP contribution is 2.39. The molecule has 1 heterocycles. The number of nitrogens with one attached hydrogen (secondary N) is 1. The third-order valence-electron chi connectivity index (χ3n) is 4.14. The van der Waals surface area contributed by atoms with Crippen LogP contribution in [0, 0.1) is 6.92 Å². The second kappa shape index (κ2) is 7.57. The van der Waals surface area contributed by atoms with Crippen molar-refractivity contribution in [3.05, 3.63) is 70.6 Å². The molecule has 8 heteroatoms. The fourth-order valence-corrected chi connectivity index (χ4v) is 4.61. The first-order valence-electron chi connectivity index (χ1n) is 8.28. The van der Waals surface area contributed by atoms with Gasteiger partial charge < -0.3 is 11.1 Å². The summed E-state index contributed by atoms with van der Waals surface area (Å²) < 4.78 is 23.4. The minimum Gasteiger partial charge on any atom is -0.365 e. The average Bonchev–Trinajstić information content (AvgIpc) is 2.97. The van der Waals surface area contributed by atoms with Gasteiger partial charge in [-0.1, -0.05) is 36.4 Å². The quantitative estimate of drug-likeness (QED) is 0.666. The Kier molecular flexibility index (Phi) is 5.35. The monoisotopic (exact) mass is 414 g/mol. The lowest BCUT2D eigenvalue weighted by atomic mass is 10.0. The number of sulfone groups is 1. The van der Waals surface area contributed by atoms with Crippen LogP contribution in [-0.2, 0) is 9.84 Å². The Balaban J connectivity index is 2.02. The van der Waals surface area contributed by atoms with Crippen molar-refractivity contribution in [2.75, 3.05) is 11.6 Å². The van der Waals surface area contributed by atoms with Gasteiger partial charge in [-0.25, -0.2) is 8.42 Å². The second-order valence-electron chi connectivity index (χ2n) is 6.22. The van der Waals surface area contributed by atoms with Gasteiger partial charge in [0.05, 0.1) is 10.5 Å². The van der Waals surface area contributed by atoms with E-state index in [1.807, 2.05) is 37.3 Å². The maximum absolute atomic E-state index is 12.7. The van der Waals surface area contributed by atoms with E-state index in [9.17, 15) is 18.0 Å². The number of carbonyl (C=O) groups is 2. The largest absolute Gasteiger partial charge is 0.365 e. The number of thiophene rings is 1. The molecule has 0 unspecified atom stereocenters. The summed E-state index contributed by atoms with van der Waals surface area (Å²) in [5, 5.41) is 3.03. The van der Waals surface area contributed by atoms with Gasteiger partial charge in [0.2, 0.25) is 0 Å². The van der Waals surface area contributed by atoms with Gasteiger partial charge in [0.1, 0.15) is 5.00 Å². The molecule has 0 fully saturated rings. The van der Waals surface area contributed by atoms with Crippen molar-refractivity contribution >= 4 is 38.0 Å². The first-order valence-corrected chi connectivity index (χ1v) is 11.0. The lowest BCUT2D eigenvalue weighted by Crippen LogP contribution is -2.17. The fraction of sp³-hybridized carbons (Fsp3) is 0.100. The van der Waals surface area contributed by atoms with Crippen molar-refractivity contribution in [1.82, 2.24) is 0 Å². The van der Waals surface area contributed by atoms with Crippen LogP contribution >= 0.6 is 11.3 Å². The molecule has 144 valence electrons. The number of amides is 2. The van der Waals surface area contributed by atoms with Crippen LogP contribution in [0.5, 0.6) is 0 Å². The molecule has 2 aromatic carbocycles. The lowest BCUT2D eigenvalue weighted by Gasteiger charge is -2.08. The molecule has 0 aliphatic rings. The van der Waals surface area contributed by atoms with Gasteiger partial charge in [0, 0.05) is 22.3 Å². The predicted octanol–water partition coefficient (Wildman–Crippen LogP) is 3.48. The summed E-state index contributed by atoms with van der Waals surface area (Å²) in [4.78, 5) is 25.7. The van der Waals surface area contributed by atoms with Crippen LogP contribution in [0.2, 0.25) is 0 Å². The van der Waals surface area contributed by atoms with Gasteiger partial charge in [-0.2, -0.15) is 0 Å². The van der Waals surface area contributed by atoms with Crippen LogP contribution in [0.25, 0.3) is 11.1 Å². The first kappa shape index (κ1) is 19.8. The van der Waals surface area contributed by atoms with Crippen LogP contribution in [-0.4, -0.2) is 26.5 Å². The second-order valence-corrected chi connectivity index (χ2v) is 9.46. The number of benzene rings is 2. The molecule has 0 spiro atoms. The standard InChI is InChI=1S/C20H18N2O4S2/c1-12-16(13-7-4-3-5-8-13)17(18(21)23)20(27-12)22-19(24)14-9-6-10-15(11-14)28(2,25)26/h3-11H,1-2H3,(H2,21,23)(H,22,24). The Morgan fingerprint density at radius 2 is 1.71 bits per heavy atom. The van der Waals surface area contributed by atoms with E-state index in [0.717, 1.165) is 16.7 Å². The average molecular weight is 415 g/mol. The summed E-state index contributed by atoms with van der Waals surface area (Å²) >= 11 is 1.25. The van der Waals surface area contributed by atoms with Gasteiger partial charge >= 0.3 is 0 Å². The summed E-state index contributed by atoms with van der Waals surface area (Å²) in [5.41, 5.74) is 7.51. The molecule has 1 aromatic heterocycles. The summed E-state index contributed by atoms with van der Waals surface area (Å²) in [6, 6.07) is 15.0. The smallest absolute Gasteiger partial charge is 0.256 e. The van der Waals surface area contributed by atoms with E-state index in [1.165, 1.54) is 35.6 Å². The summed E-state index contributed by atoms with van der Waals surface area (Å²) in [6.45, 7) is 1.85. The highest BCUT2D eigenvalue weighted by molar-refractivity contribution is 7.90. The van der Waals surface area contributed by atoms with Crippen LogP contribution < -0.4 is 11.1 Å². The number of rotatable bonds is 5. The topological polar surface area (TPSA) is 106 Å². The molecule has 28 heavy (non-hydrogen) atoms. The number of nitrogens with two attached hydrogens (primary N) is 1. The van der Waals surface area contributed by atoms with Crippen LogP contribution in [0.3, 0.4) is 0 Å². The van der Waals surface area contributed by atoms with E-state index in [4.69, 9.17) is 5.73 Å². The highest BCUT2D eigenvalue weighted by Gasteiger charge is 2.23. The Labute approximate surface area is 166 Å². The molecule has 0 radical (unpaired) electrons. The van der Waals surface area contributed by atoms with Crippen molar-refractivity contribution in [2.24, 2.45) is 5.73 Å². The summed E-state index contributed by atoms with van der Waals surface area (Å²) in [5.74, 6) is -1.17. The zero-order valence-electron chi connectivity index (χ0n) is 15.2. The normalized spacial score (nSPS) is 11.2. The minimum atomic E-state index is -3.44. The SMILES string of the molecule is Cc1sc(NC(=O)c2cccc(S(C)(=O)=O)c2)c(C(N)=O)c1-c1ccccc1. The third-order valence-corrected chi connectivity index (χ3v) is 6.28. The summed E-state index contributed by atoms with van der Waals surface area (Å²) in [6.07, 6.45) is 1.07. The molecule has 3 rings (SSSR count). The zero-order chi connectivity index (χ0) is 20.5. The third kappa shape index (κ3) is 3.97. The van der Waals surface area contributed by atoms with Crippen LogP contribution in [0.4, 0.5) is 5.00 Å². The molecular formula is C20H18N2O4S2. The van der Waals surface area contributed by atoms with Crippen LogP contribution in [0.15, 0.2) is 59.5 Å². The van der Waals surface area contributed by atoms with E-state index in [0.29, 0.717) is 10.6 Å². The number of anilines is 1. The van der Waals surface area contributed by atoms with Crippen molar-refractivity contribution in [2.45, 2.75) is 11.8 Å². The van der Waals surface area contributed by atoms with Crippen molar-refractivity contribution in [1.29, 1.82) is 0 Å². The van der Waals surface area contributed by atoms with Crippen LogP contribution in [0.1, 0.15) is 25.6 Å². The number of carbonyl (C=O) groups excluding carboxylic acids is 2. The number of hydrogen-bond acceptors (Lipinski definition) is 5. The molecule has 0 bridgehead atoms. The maximum Gasteiger partial charge on any atom is 0.256 e. The molecule has 0 aliphatic carbocycles. The number of aryl methyl sites for hydroxylation is 1. The predicted molar refractivity (Wildman–Crippen MR) is 111 cm³/mol. The molecule has 2 amide bonds.